The van der Waals surface area contributed by atoms with Crippen molar-refractivity contribution in [2.45, 2.75) is 18.2 Å². The van der Waals surface area contributed by atoms with Crippen LogP contribution in [-0.2, 0) is 0 Å². The van der Waals surface area contributed by atoms with Crippen LogP contribution in [0.4, 0.5) is 13.2 Å². The van der Waals surface area contributed by atoms with Crippen molar-refractivity contribution in [2.24, 2.45) is 0 Å². The maximum atomic E-state index is 12.5. The molecular weight excluding hydrogens is 254 g/mol. The molecule has 1 atom stereocenters. The second-order valence-corrected chi connectivity index (χ2v) is 3.84. The molecule has 1 aliphatic rings. The summed E-state index contributed by atoms with van der Waals surface area (Å²) in [5.41, 5.74) is -3.25. The van der Waals surface area contributed by atoms with Crippen molar-refractivity contribution < 1.29 is 18.3 Å². The molecule has 0 aliphatic heterocycles. The first-order valence-electron chi connectivity index (χ1n) is 3.79. The first-order chi connectivity index (χ1) is 6.68. The highest BCUT2D eigenvalue weighted by molar-refractivity contribution is 6.68. The van der Waals surface area contributed by atoms with E-state index in [9.17, 15) is 18.3 Å². The fourth-order valence-electron chi connectivity index (χ4n) is 1.12. The molecule has 0 saturated carbocycles. The van der Waals surface area contributed by atoms with E-state index >= 15 is 0 Å². The van der Waals surface area contributed by atoms with Crippen LogP contribution in [-0.4, -0.2) is 22.1 Å². The summed E-state index contributed by atoms with van der Waals surface area (Å²) in [4.78, 5) is 0. The molecule has 0 amide bonds. The van der Waals surface area contributed by atoms with Gasteiger partial charge < -0.3 is 5.11 Å². The molecule has 0 saturated heterocycles. The number of hydrogen-bond acceptors (Lipinski definition) is 2. The molecule has 1 rings (SSSR count). The third kappa shape index (κ3) is 2.19. The van der Waals surface area contributed by atoms with Gasteiger partial charge in [-0.05, 0) is 11.6 Å². The van der Waals surface area contributed by atoms with E-state index in [1.165, 1.54) is 6.08 Å². The summed E-state index contributed by atoms with van der Waals surface area (Å²) < 4.78 is 37.5. The molecule has 84 valence electrons. The summed E-state index contributed by atoms with van der Waals surface area (Å²) in [7, 11) is 0. The van der Waals surface area contributed by atoms with Crippen LogP contribution in [0.5, 0.6) is 0 Å². The second kappa shape index (κ2) is 3.81. The Labute approximate surface area is 93.5 Å². The number of alkyl halides is 3. The van der Waals surface area contributed by atoms with Gasteiger partial charge in [0.1, 0.15) is 5.17 Å². The fourth-order valence-corrected chi connectivity index (χ4v) is 1.48. The van der Waals surface area contributed by atoms with E-state index in [-0.39, 0.29) is 5.57 Å². The van der Waals surface area contributed by atoms with Crippen molar-refractivity contribution in [3.8, 4) is 0 Å². The molecule has 1 unspecified atom stereocenters. The van der Waals surface area contributed by atoms with Gasteiger partial charge in [-0.25, -0.2) is 0 Å². The van der Waals surface area contributed by atoms with Gasteiger partial charge in [0.15, 0.2) is 5.60 Å². The molecule has 0 aromatic heterocycles. The van der Waals surface area contributed by atoms with Gasteiger partial charge in [-0.1, -0.05) is 29.3 Å². The highest BCUT2D eigenvalue weighted by atomic mass is 35.5. The molecule has 0 spiro atoms. The van der Waals surface area contributed by atoms with E-state index < -0.39 is 28.4 Å². The summed E-state index contributed by atoms with van der Waals surface area (Å²) in [6.07, 6.45) is -3.66. The zero-order valence-corrected chi connectivity index (χ0v) is 8.71. The highest BCUT2D eigenvalue weighted by Crippen LogP contribution is 2.44. The van der Waals surface area contributed by atoms with E-state index in [1.807, 2.05) is 0 Å². The number of nitrogens with one attached hydrogen (secondary N) is 1. The monoisotopic (exact) mass is 259 g/mol. The van der Waals surface area contributed by atoms with Gasteiger partial charge in [0.2, 0.25) is 0 Å². The Hall–Kier alpha value is -0.520. The first kappa shape index (κ1) is 12.5. The van der Waals surface area contributed by atoms with E-state index in [4.69, 9.17) is 28.6 Å². The number of halogens is 5. The minimum Gasteiger partial charge on any atom is -0.375 e. The van der Waals surface area contributed by atoms with Crippen LogP contribution >= 0.6 is 23.2 Å². The summed E-state index contributed by atoms with van der Waals surface area (Å²) in [5, 5.41) is 15.1. The van der Waals surface area contributed by atoms with Crippen molar-refractivity contribution in [3.05, 3.63) is 22.8 Å². The Morgan fingerprint density at radius 2 is 2.00 bits per heavy atom. The average Bonchev–Trinajstić information content (AvgIpc) is 2.07. The molecule has 0 aromatic rings. The first-order valence-corrected chi connectivity index (χ1v) is 4.54. The van der Waals surface area contributed by atoms with Crippen molar-refractivity contribution in [1.82, 2.24) is 0 Å². The lowest BCUT2D eigenvalue weighted by atomic mass is 9.89. The lowest BCUT2D eigenvalue weighted by molar-refractivity contribution is -0.240. The molecule has 0 bridgehead atoms. The Kier molecular flexibility index (Phi) is 3.19. The predicted octanol–water partition coefficient (Wildman–Crippen LogP) is 2.95. The maximum absolute atomic E-state index is 12.5. The lowest BCUT2D eigenvalue weighted by Gasteiger charge is -2.32. The Balaban J connectivity index is 3.13. The van der Waals surface area contributed by atoms with Gasteiger partial charge in [-0.3, -0.25) is 5.41 Å². The van der Waals surface area contributed by atoms with Gasteiger partial charge >= 0.3 is 6.18 Å². The van der Waals surface area contributed by atoms with E-state index in [1.54, 1.807) is 0 Å². The van der Waals surface area contributed by atoms with Crippen LogP contribution in [0.1, 0.15) is 6.42 Å². The zero-order chi connectivity index (χ0) is 11.9. The average molecular weight is 260 g/mol. The molecule has 0 aromatic carbocycles. The summed E-state index contributed by atoms with van der Waals surface area (Å²) in [6.45, 7) is 0. The molecule has 7 heteroatoms. The normalized spacial score (nSPS) is 27.1. The van der Waals surface area contributed by atoms with Crippen molar-refractivity contribution in [3.63, 3.8) is 0 Å². The Morgan fingerprint density at radius 3 is 2.40 bits per heavy atom. The van der Waals surface area contributed by atoms with Crippen LogP contribution < -0.4 is 0 Å². The van der Waals surface area contributed by atoms with Gasteiger partial charge in [-0.15, -0.1) is 0 Å². The van der Waals surface area contributed by atoms with Gasteiger partial charge in [0.05, 0.1) is 5.03 Å². The van der Waals surface area contributed by atoms with Crippen LogP contribution in [0.3, 0.4) is 0 Å². The number of allylic oxidation sites excluding steroid dienone is 2. The predicted molar refractivity (Wildman–Crippen MR) is 51.2 cm³/mol. The highest BCUT2D eigenvalue weighted by Gasteiger charge is 2.57. The van der Waals surface area contributed by atoms with Crippen LogP contribution in [0.15, 0.2) is 22.8 Å². The molecule has 15 heavy (non-hydrogen) atoms. The summed E-state index contributed by atoms with van der Waals surface area (Å²) in [6, 6.07) is 0. The molecular formula is C8H6Cl2F3NO. The zero-order valence-electron chi connectivity index (χ0n) is 7.20. The second-order valence-electron chi connectivity index (χ2n) is 3.06. The van der Waals surface area contributed by atoms with E-state index in [0.717, 1.165) is 6.08 Å². The van der Waals surface area contributed by atoms with Gasteiger partial charge in [0.25, 0.3) is 0 Å². The summed E-state index contributed by atoms with van der Waals surface area (Å²) in [5.74, 6) is 0. The molecule has 2 nitrogen and oxygen atoms in total. The summed E-state index contributed by atoms with van der Waals surface area (Å²) >= 11 is 10.6. The molecule has 0 heterocycles. The number of hydrogen-bond donors (Lipinski definition) is 2. The van der Waals surface area contributed by atoms with E-state index in [2.05, 4.69) is 0 Å². The van der Waals surface area contributed by atoms with Gasteiger partial charge in [-0.2, -0.15) is 13.2 Å². The van der Waals surface area contributed by atoms with Crippen molar-refractivity contribution in [2.75, 3.05) is 0 Å². The van der Waals surface area contributed by atoms with Crippen LogP contribution in [0.25, 0.3) is 0 Å². The standard InChI is InChI=1S/C8H6Cl2F3NO/c9-5-2-1-4(6(10)14)3-7(5,15)8(11,12)13/h1-2,14-15H,3H2. The van der Waals surface area contributed by atoms with Crippen molar-refractivity contribution in [1.29, 1.82) is 5.41 Å². The minimum atomic E-state index is -4.90. The Bertz CT molecular complexity index is 361. The maximum Gasteiger partial charge on any atom is 0.422 e. The SMILES string of the molecule is N=C(Cl)C1=CC=C(Cl)C(O)(C(F)(F)F)C1. The lowest BCUT2D eigenvalue weighted by Crippen LogP contribution is -2.47. The largest absolute Gasteiger partial charge is 0.422 e. The third-order valence-corrected chi connectivity index (χ3v) is 2.70. The van der Waals surface area contributed by atoms with Crippen molar-refractivity contribution >= 4 is 28.4 Å². The topological polar surface area (TPSA) is 44.1 Å². The number of aliphatic hydroxyl groups is 1. The van der Waals surface area contributed by atoms with E-state index in [0.29, 0.717) is 0 Å². The third-order valence-electron chi connectivity index (χ3n) is 2.02. The molecule has 2 N–H and O–H groups in total. The van der Waals surface area contributed by atoms with Crippen LogP contribution in [0, 0.1) is 5.41 Å². The quantitative estimate of drug-likeness (QED) is 0.699. The fraction of sp³-hybridized carbons (Fsp3) is 0.375. The smallest absolute Gasteiger partial charge is 0.375 e. The molecule has 0 radical (unpaired) electrons. The Morgan fingerprint density at radius 1 is 1.47 bits per heavy atom. The minimum absolute atomic E-state index is 0.110. The van der Waals surface area contributed by atoms with Crippen LogP contribution in [0.2, 0.25) is 0 Å². The molecule has 1 aliphatic carbocycles. The number of rotatable bonds is 1. The molecule has 0 fully saturated rings. The van der Waals surface area contributed by atoms with Gasteiger partial charge in [0, 0.05) is 6.42 Å².